The standard InChI is InChI=1S/C27H21ClN4OS/c1-18-15-25(32(31-18)20-9-3-2-4-10-20)21-11-5-6-12-22(21)26(33)29-16-19-17-34-27(30-19)23-13-7-8-14-24(23)28/h2-15,17H,16H2,1H3,(H,29,33). The van der Waals surface area contributed by atoms with Crippen molar-refractivity contribution in [3.05, 3.63) is 112 Å². The summed E-state index contributed by atoms with van der Waals surface area (Å²) >= 11 is 7.81. The van der Waals surface area contributed by atoms with Gasteiger partial charge in [-0.1, -0.05) is 66.2 Å². The molecule has 5 aromatic rings. The van der Waals surface area contributed by atoms with Gasteiger partial charge in [0, 0.05) is 22.1 Å². The molecule has 0 saturated heterocycles. The Morgan fingerprint density at radius 2 is 1.68 bits per heavy atom. The number of halogens is 1. The number of para-hydroxylation sites is 1. The molecule has 5 rings (SSSR count). The Labute approximate surface area is 206 Å². The van der Waals surface area contributed by atoms with E-state index >= 15 is 0 Å². The minimum Gasteiger partial charge on any atom is -0.346 e. The van der Waals surface area contributed by atoms with Crippen LogP contribution in [0.5, 0.6) is 0 Å². The fourth-order valence-corrected chi connectivity index (χ4v) is 4.91. The number of hydrogen-bond donors (Lipinski definition) is 1. The molecule has 0 atom stereocenters. The van der Waals surface area contributed by atoms with Gasteiger partial charge in [-0.15, -0.1) is 11.3 Å². The number of carbonyl (C=O) groups excluding carboxylic acids is 1. The van der Waals surface area contributed by atoms with E-state index in [0.717, 1.165) is 38.9 Å². The summed E-state index contributed by atoms with van der Waals surface area (Å²) in [5.74, 6) is -0.165. The van der Waals surface area contributed by atoms with Gasteiger partial charge in [-0.2, -0.15) is 5.10 Å². The molecule has 0 fully saturated rings. The molecule has 2 aromatic heterocycles. The normalized spacial score (nSPS) is 10.9. The molecule has 1 N–H and O–H groups in total. The fraction of sp³-hybridized carbons (Fsp3) is 0.0741. The first-order valence-electron chi connectivity index (χ1n) is 10.8. The van der Waals surface area contributed by atoms with E-state index in [2.05, 4.69) is 15.4 Å². The van der Waals surface area contributed by atoms with E-state index in [0.29, 0.717) is 17.1 Å². The van der Waals surface area contributed by atoms with Crippen molar-refractivity contribution < 1.29 is 4.79 Å². The summed E-state index contributed by atoms with van der Waals surface area (Å²) in [6.07, 6.45) is 0. The van der Waals surface area contributed by atoms with Gasteiger partial charge in [-0.05, 0) is 37.3 Å². The third-order valence-electron chi connectivity index (χ3n) is 5.37. The van der Waals surface area contributed by atoms with Crippen LogP contribution in [0.2, 0.25) is 5.02 Å². The van der Waals surface area contributed by atoms with Crippen LogP contribution in [0, 0.1) is 6.92 Å². The zero-order valence-electron chi connectivity index (χ0n) is 18.4. The van der Waals surface area contributed by atoms with E-state index in [9.17, 15) is 4.79 Å². The number of carbonyl (C=O) groups is 1. The van der Waals surface area contributed by atoms with E-state index in [1.165, 1.54) is 11.3 Å². The average molecular weight is 485 g/mol. The van der Waals surface area contributed by atoms with Crippen LogP contribution in [-0.4, -0.2) is 20.7 Å². The Balaban J connectivity index is 1.39. The maximum atomic E-state index is 13.2. The summed E-state index contributed by atoms with van der Waals surface area (Å²) in [4.78, 5) is 17.9. The van der Waals surface area contributed by atoms with E-state index in [1.54, 1.807) is 0 Å². The number of rotatable bonds is 6. The quantitative estimate of drug-likeness (QED) is 0.297. The number of nitrogens with zero attached hydrogens (tertiary/aromatic N) is 3. The molecule has 34 heavy (non-hydrogen) atoms. The molecular weight excluding hydrogens is 464 g/mol. The molecule has 0 spiro atoms. The first-order valence-corrected chi connectivity index (χ1v) is 12.0. The number of aryl methyl sites for hydroxylation is 1. The maximum Gasteiger partial charge on any atom is 0.252 e. The zero-order chi connectivity index (χ0) is 23.5. The molecule has 0 radical (unpaired) electrons. The third-order valence-corrected chi connectivity index (χ3v) is 6.62. The SMILES string of the molecule is Cc1cc(-c2ccccc2C(=O)NCc2csc(-c3ccccc3Cl)n2)n(-c2ccccc2)n1. The van der Waals surface area contributed by atoms with Crippen molar-refractivity contribution in [2.24, 2.45) is 0 Å². The van der Waals surface area contributed by atoms with E-state index in [4.69, 9.17) is 11.6 Å². The molecule has 0 bridgehead atoms. The van der Waals surface area contributed by atoms with Crippen LogP contribution < -0.4 is 5.32 Å². The van der Waals surface area contributed by atoms with Crippen LogP contribution >= 0.6 is 22.9 Å². The lowest BCUT2D eigenvalue weighted by atomic mass is 10.0. The number of benzene rings is 3. The number of aromatic nitrogens is 3. The van der Waals surface area contributed by atoms with Crippen LogP contribution in [0.25, 0.3) is 27.5 Å². The van der Waals surface area contributed by atoms with Gasteiger partial charge in [-0.25, -0.2) is 9.67 Å². The van der Waals surface area contributed by atoms with Gasteiger partial charge >= 0.3 is 0 Å². The molecular formula is C27H21ClN4OS. The first kappa shape index (κ1) is 22.1. The largest absolute Gasteiger partial charge is 0.346 e. The Hall–Kier alpha value is -3.74. The van der Waals surface area contributed by atoms with Gasteiger partial charge in [0.2, 0.25) is 0 Å². The van der Waals surface area contributed by atoms with Gasteiger partial charge < -0.3 is 5.32 Å². The molecule has 3 aromatic carbocycles. The van der Waals surface area contributed by atoms with Gasteiger partial charge in [0.15, 0.2) is 0 Å². The molecule has 168 valence electrons. The third kappa shape index (κ3) is 4.51. The van der Waals surface area contributed by atoms with Gasteiger partial charge in [0.1, 0.15) is 5.01 Å². The minimum absolute atomic E-state index is 0.165. The smallest absolute Gasteiger partial charge is 0.252 e. The highest BCUT2D eigenvalue weighted by molar-refractivity contribution is 7.13. The summed E-state index contributed by atoms with van der Waals surface area (Å²) in [5, 5.41) is 11.1. The summed E-state index contributed by atoms with van der Waals surface area (Å²) in [6, 6.07) is 27.1. The Morgan fingerprint density at radius 1 is 0.971 bits per heavy atom. The second-order valence-corrected chi connectivity index (χ2v) is 9.04. The molecule has 1 amide bonds. The summed E-state index contributed by atoms with van der Waals surface area (Å²) in [5.41, 5.74) is 5.77. The highest BCUT2D eigenvalue weighted by Crippen LogP contribution is 2.30. The number of hydrogen-bond acceptors (Lipinski definition) is 4. The monoisotopic (exact) mass is 484 g/mol. The van der Waals surface area contributed by atoms with Crippen molar-refractivity contribution in [1.29, 1.82) is 0 Å². The lowest BCUT2D eigenvalue weighted by molar-refractivity contribution is 0.0951. The second kappa shape index (κ2) is 9.63. The zero-order valence-corrected chi connectivity index (χ0v) is 20.0. The molecule has 0 aliphatic rings. The van der Waals surface area contributed by atoms with Crippen molar-refractivity contribution >= 4 is 28.8 Å². The Morgan fingerprint density at radius 3 is 2.47 bits per heavy atom. The van der Waals surface area contributed by atoms with Gasteiger partial charge in [0.05, 0.1) is 34.3 Å². The summed E-state index contributed by atoms with van der Waals surface area (Å²) in [6.45, 7) is 2.27. The predicted octanol–water partition coefficient (Wildman–Crippen LogP) is 6.55. The first-order chi connectivity index (χ1) is 16.6. The topological polar surface area (TPSA) is 59.8 Å². The van der Waals surface area contributed by atoms with Crippen LogP contribution in [0.4, 0.5) is 0 Å². The molecule has 0 aliphatic carbocycles. The second-order valence-electron chi connectivity index (χ2n) is 7.77. The van der Waals surface area contributed by atoms with E-state index < -0.39 is 0 Å². The van der Waals surface area contributed by atoms with Crippen molar-refractivity contribution in [2.45, 2.75) is 13.5 Å². The van der Waals surface area contributed by atoms with Gasteiger partial charge in [0.25, 0.3) is 5.91 Å². The average Bonchev–Trinajstić information content (AvgIpc) is 3.50. The summed E-state index contributed by atoms with van der Waals surface area (Å²) < 4.78 is 1.87. The number of amides is 1. The van der Waals surface area contributed by atoms with Crippen molar-refractivity contribution in [2.75, 3.05) is 0 Å². The fourth-order valence-electron chi connectivity index (χ4n) is 3.77. The van der Waals surface area contributed by atoms with E-state index in [1.807, 2.05) is 102 Å². The molecule has 7 heteroatoms. The molecule has 2 heterocycles. The van der Waals surface area contributed by atoms with E-state index in [-0.39, 0.29) is 5.91 Å². The lowest BCUT2D eigenvalue weighted by Gasteiger charge is -2.12. The van der Waals surface area contributed by atoms with Crippen molar-refractivity contribution in [3.8, 4) is 27.5 Å². The van der Waals surface area contributed by atoms with Crippen LogP contribution in [0.3, 0.4) is 0 Å². The number of thiazole rings is 1. The molecule has 5 nitrogen and oxygen atoms in total. The predicted molar refractivity (Wildman–Crippen MR) is 137 cm³/mol. The van der Waals surface area contributed by atoms with Gasteiger partial charge in [-0.3, -0.25) is 4.79 Å². The molecule has 0 unspecified atom stereocenters. The van der Waals surface area contributed by atoms with Crippen LogP contribution in [-0.2, 0) is 6.54 Å². The maximum absolute atomic E-state index is 13.2. The summed E-state index contributed by atoms with van der Waals surface area (Å²) in [7, 11) is 0. The Bertz CT molecular complexity index is 1460. The highest BCUT2D eigenvalue weighted by atomic mass is 35.5. The Kier molecular flexibility index (Phi) is 6.25. The van der Waals surface area contributed by atoms with Crippen LogP contribution in [0.15, 0.2) is 90.3 Å². The highest BCUT2D eigenvalue weighted by Gasteiger charge is 2.18. The van der Waals surface area contributed by atoms with Crippen LogP contribution in [0.1, 0.15) is 21.7 Å². The lowest BCUT2D eigenvalue weighted by Crippen LogP contribution is -2.23. The molecule has 0 aliphatic heterocycles. The molecule has 0 saturated carbocycles. The van der Waals surface area contributed by atoms with Crippen molar-refractivity contribution in [1.82, 2.24) is 20.1 Å². The minimum atomic E-state index is -0.165. The van der Waals surface area contributed by atoms with Crippen molar-refractivity contribution in [3.63, 3.8) is 0 Å². The number of nitrogens with one attached hydrogen (secondary N) is 1.